The van der Waals surface area contributed by atoms with Crippen LogP contribution in [0.2, 0.25) is 0 Å². The Morgan fingerprint density at radius 1 is 1.03 bits per heavy atom. The van der Waals surface area contributed by atoms with E-state index in [1.807, 2.05) is 0 Å². The Hall–Kier alpha value is -3.31. The molecule has 2 aliphatic rings. The smallest absolute Gasteiger partial charge is 0.419 e. The minimum absolute atomic E-state index is 0.0246. The largest absolute Gasteiger partial charge is 0.454 e. The number of ether oxygens (including phenoxy) is 2. The molecule has 0 atom stereocenters. The summed E-state index contributed by atoms with van der Waals surface area (Å²) in [6, 6.07) is 9.45. The van der Waals surface area contributed by atoms with Gasteiger partial charge in [-0.2, -0.15) is 4.31 Å². The number of carbonyl (C=O) groups excluding carboxylic acids is 1. The fourth-order valence-corrected chi connectivity index (χ4v) is 5.44. The number of benzene rings is 2. The second-order valence-corrected chi connectivity index (χ2v) is 9.56. The van der Waals surface area contributed by atoms with Crippen LogP contribution in [-0.2, 0) is 21.4 Å². The third-order valence-electron chi connectivity index (χ3n) is 5.56. The number of carbonyl (C=O) groups is 1. The first-order valence-corrected chi connectivity index (χ1v) is 11.7. The lowest BCUT2D eigenvalue weighted by Gasteiger charge is -2.15. The molecule has 10 nitrogen and oxygen atoms in total. The van der Waals surface area contributed by atoms with E-state index < -0.39 is 15.8 Å². The Morgan fingerprint density at radius 3 is 2.62 bits per heavy atom. The van der Waals surface area contributed by atoms with Gasteiger partial charge in [0.1, 0.15) is 0 Å². The molecule has 3 aromatic rings. The number of fused-ring (bicyclic) bond motifs is 2. The molecule has 5 rings (SSSR count). The predicted molar refractivity (Wildman–Crippen MR) is 114 cm³/mol. The van der Waals surface area contributed by atoms with Gasteiger partial charge < -0.3 is 19.2 Å². The maximum atomic E-state index is 12.8. The highest BCUT2D eigenvalue weighted by Crippen LogP contribution is 2.34. The average Bonchev–Trinajstić information content (AvgIpc) is 3.51. The minimum Gasteiger partial charge on any atom is -0.454 e. The molecule has 0 bridgehead atoms. The Kier molecular flexibility index (Phi) is 5.14. The summed E-state index contributed by atoms with van der Waals surface area (Å²) < 4.78 is 44.1. The highest BCUT2D eigenvalue weighted by Gasteiger charge is 2.28. The molecule has 2 aromatic carbocycles. The Labute approximate surface area is 183 Å². The number of nitrogens with one attached hydrogen (secondary N) is 1. The number of amides is 1. The van der Waals surface area contributed by atoms with Crippen molar-refractivity contribution >= 4 is 32.7 Å². The summed E-state index contributed by atoms with van der Waals surface area (Å²) in [4.78, 5) is 24.8. The molecule has 1 fully saturated rings. The number of nitrogens with zero attached hydrogens (tertiary/aromatic N) is 2. The van der Waals surface area contributed by atoms with Gasteiger partial charge in [0, 0.05) is 43.9 Å². The van der Waals surface area contributed by atoms with Crippen molar-refractivity contribution in [3.63, 3.8) is 0 Å². The number of sulfonamides is 1. The monoisotopic (exact) mass is 459 g/mol. The molecule has 32 heavy (non-hydrogen) atoms. The van der Waals surface area contributed by atoms with Crippen molar-refractivity contribution in [1.82, 2.24) is 8.87 Å². The zero-order chi connectivity index (χ0) is 22.3. The molecular weight excluding hydrogens is 438 g/mol. The summed E-state index contributed by atoms with van der Waals surface area (Å²) in [6.07, 6.45) is 1.69. The standard InChI is InChI=1S/C21H21N3O7S/c25-20(22-14-3-6-17-19(11-14)30-13-29-17)7-10-24-16-5-4-15(12-18(16)31-21(24)26)32(27,28)23-8-1-2-9-23/h3-6,11-12H,1-2,7-10,13H2,(H,22,25). The van der Waals surface area contributed by atoms with Crippen molar-refractivity contribution in [2.24, 2.45) is 0 Å². The fraction of sp³-hybridized carbons (Fsp3) is 0.333. The first kappa shape index (κ1) is 20.6. The molecule has 1 N–H and O–H groups in total. The fourth-order valence-electron chi connectivity index (χ4n) is 3.91. The maximum Gasteiger partial charge on any atom is 0.419 e. The van der Waals surface area contributed by atoms with E-state index in [0.717, 1.165) is 12.8 Å². The normalized spacial score (nSPS) is 16.0. The van der Waals surface area contributed by atoms with E-state index in [2.05, 4.69) is 5.32 Å². The van der Waals surface area contributed by atoms with Crippen LogP contribution in [0.4, 0.5) is 5.69 Å². The molecule has 11 heteroatoms. The highest BCUT2D eigenvalue weighted by atomic mass is 32.2. The summed E-state index contributed by atoms with van der Waals surface area (Å²) in [5, 5.41) is 2.76. The van der Waals surface area contributed by atoms with Crippen LogP contribution in [0.15, 0.2) is 50.5 Å². The maximum absolute atomic E-state index is 12.8. The molecular formula is C21H21N3O7S. The molecule has 1 amide bonds. The van der Waals surface area contributed by atoms with E-state index in [9.17, 15) is 18.0 Å². The van der Waals surface area contributed by atoms with Crippen LogP contribution >= 0.6 is 0 Å². The van der Waals surface area contributed by atoms with Crippen molar-refractivity contribution in [3.05, 3.63) is 46.9 Å². The zero-order valence-electron chi connectivity index (χ0n) is 17.1. The number of hydrogen-bond donors (Lipinski definition) is 1. The quantitative estimate of drug-likeness (QED) is 0.600. The van der Waals surface area contributed by atoms with Crippen LogP contribution in [0.25, 0.3) is 11.1 Å². The van der Waals surface area contributed by atoms with Gasteiger partial charge in [-0.3, -0.25) is 9.36 Å². The predicted octanol–water partition coefficient (Wildman–Crippen LogP) is 2.14. The van der Waals surface area contributed by atoms with Gasteiger partial charge in [-0.1, -0.05) is 0 Å². The number of hydrogen-bond acceptors (Lipinski definition) is 7. The van der Waals surface area contributed by atoms with Gasteiger partial charge in [0.25, 0.3) is 0 Å². The van der Waals surface area contributed by atoms with Crippen molar-refractivity contribution < 1.29 is 27.1 Å². The SMILES string of the molecule is O=C(CCn1c(=O)oc2cc(S(=O)(=O)N3CCCC3)ccc21)Nc1ccc2c(c1)OCO2. The van der Waals surface area contributed by atoms with Gasteiger partial charge in [0.05, 0.1) is 10.4 Å². The summed E-state index contributed by atoms with van der Waals surface area (Å²) in [5.74, 6) is 0.231. The van der Waals surface area contributed by atoms with Crippen LogP contribution in [0, 0.1) is 0 Å². The molecule has 1 aromatic heterocycles. The van der Waals surface area contributed by atoms with Crippen molar-refractivity contribution in [2.75, 3.05) is 25.2 Å². The number of aromatic nitrogens is 1. The molecule has 0 aliphatic carbocycles. The number of rotatable bonds is 6. The minimum atomic E-state index is -3.62. The molecule has 3 heterocycles. The number of aryl methyl sites for hydroxylation is 1. The molecule has 168 valence electrons. The first-order chi connectivity index (χ1) is 15.4. The lowest BCUT2D eigenvalue weighted by Crippen LogP contribution is -2.27. The van der Waals surface area contributed by atoms with Crippen molar-refractivity contribution in [3.8, 4) is 11.5 Å². The van der Waals surface area contributed by atoms with Gasteiger partial charge in [0.15, 0.2) is 17.1 Å². The lowest BCUT2D eigenvalue weighted by molar-refractivity contribution is -0.116. The van der Waals surface area contributed by atoms with Crippen LogP contribution in [0.1, 0.15) is 19.3 Å². The van der Waals surface area contributed by atoms with Gasteiger partial charge >= 0.3 is 5.76 Å². The molecule has 0 radical (unpaired) electrons. The van der Waals surface area contributed by atoms with Gasteiger partial charge in [0.2, 0.25) is 22.7 Å². The second kappa shape index (κ2) is 7.99. The number of anilines is 1. The molecule has 0 unspecified atom stereocenters. The molecule has 0 saturated carbocycles. The third kappa shape index (κ3) is 3.73. The van der Waals surface area contributed by atoms with E-state index >= 15 is 0 Å². The molecule has 2 aliphatic heterocycles. The molecule has 1 saturated heterocycles. The second-order valence-electron chi connectivity index (χ2n) is 7.63. The van der Waals surface area contributed by atoms with Crippen LogP contribution in [-0.4, -0.2) is 43.1 Å². The number of oxazole rings is 1. The van der Waals surface area contributed by atoms with Crippen molar-refractivity contribution in [1.29, 1.82) is 0 Å². The van der Waals surface area contributed by atoms with Crippen LogP contribution in [0.3, 0.4) is 0 Å². The van der Waals surface area contributed by atoms with Gasteiger partial charge in [-0.05, 0) is 37.1 Å². The lowest BCUT2D eigenvalue weighted by atomic mass is 10.2. The zero-order valence-corrected chi connectivity index (χ0v) is 17.9. The van der Waals surface area contributed by atoms with E-state index in [4.69, 9.17) is 13.9 Å². The van der Waals surface area contributed by atoms with Crippen LogP contribution < -0.4 is 20.5 Å². The Balaban J connectivity index is 1.30. The first-order valence-electron chi connectivity index (χ1n) is 10.2. The van der Waals surface area contributed by atoms with E-state index in [-0.39, 0.29) is 36.1 Å². The van der Waals surface area contributed by atoms with Crippen molar-refractivity contribution in [2.45, 2.75) is 30.7 Å². The van der Waals surface area contributed by atoms with Crippen LogP contribution in [0.5, 0.6) is 11.5 Å². The van der Waals surface area contributed by atoms with Gasteiger partial charge in [-0.25, -0.2) is 13.2 Å². The van der Waals surface area contributed by atoms with E-state index in [1.54, 1.807) is 24.3 Å². The Morgan fingerprint density at radius 2 is 1.81 bits per heavy atom. The average molecular weight is 459 g/mol. The van der Waals surface area contributed by atoms with E-state index in [1.165, 1.54) is 21.0 Å². The molecule has 0 spiro atoms. The summed E-state index contributed by atoms with van der Waals surface area (Å²) in [5.41, 5.74) is 1.16. The Bertz CT molecular complexity index is 1350. The summed E-state index contributed by atoms with van der Waals surface area (Å²) in [6.45, 7) is 1.21. The van der Waals surface area contributed by atoms with E-state index in [0.29, 0.717) is 35.8 Å². The summed E-state index contributed by atoms with van der Waals surface area (Å²) in [7, 11) is -3.62. The topological polar surface area (TPSA) is 120 Å². The highest BCUT2D eigenvalue weighted by molar-refractivity contribution is 7.89. The third-order valence-corrected chi connectivity index (χ3v) is 7.46. The van der Waals surface area contributed by atoms with Gasteiger partial charge in [-0.15, -0.1) is 0 Å². The summed E-state index contributed by atoms with van der Waals surface area (Å²) >= 11 is 0.